The Hall–Kier alpha value is -1.78. The van der Waals surface area contributed by atoms with Crippen molar-refractivity contribution in [3.63, 3.8) is 0 Å². The summed E-state index contributed by atoms with van der Waals surface area (Å²) in [4.78, 5) is 25.9. The summed E-state index contributed by atoms with van der Waals surface area (Å²) in [5.41, 5.74) is -0.322. The van der Waals surface area contributed by atoms with Crippen molar-refractivity contribution in [3.05, 3.63) is 23.2 Å². The van der Waals surface area contributed by atoms with Crippen molar-refractivity contribution in [2.45, 2.75) is 39.7 Å². The molecule has 1 aliphatic rings. The Morgan fingerprint density at radius 3 is 2.58 bits per heavy atom. The second kappa shape index (κ2) is 4.72. The molecule has 1 aromatic rings. The Bertz CT molecular complexity index is 520. The van der Waals surface area contributed by atoms with Crippen molar-refractivity contribution >= 4 is 11.9 Å². The van der Waals surface area contributed by atoms with E-state index in [0.29, 0.717) is 36.7 Å². The largest absolute Gasteiger partial charge is 0.466 e. The molecule has 104 valence electrons. The molecule has 1 amide bonds. The number of nitrogens with zero attached hydrogens (tertiary/aromatic N) is 1. The van der Waals surface area contributed by atoms with Crippen LogP contribution in [0.3, 0.4) is 0 Å². The van der Waals surface area contributed by atoms with Crippen LogP contribution in [0.1, 0.15) is 42.1 Å². The highest BCUT2D eigenvalue weighted by atomic mass is 16.5. The number of carbonyl (C=O) groups excluding carboxylic acids is 2. The summed E-state index contributed by atoms with van der Waals surface area (Å²) in [6.45, 7) is 7.94. The standard InChI is InChI=1S/C14H19NO4/c1-5-18-13(17)14(4)6-7-15(14)12(16)11-8-9(2)19-10(11)3/h8H,5-7H2,1-4H3. The van der Waals surface area contributed by atoms with Crippen LogP contribution in [0.5, 0.6) is 0 Å². The zero-order valence-electron chi connectivity index (χ0n) is 11.8. The third-order valence-electron chi connectivity index (χ3n) is 3.65. The number of hydrogen-bond acceptors (Lipinski definition) is 4. The normalized spacial score (nSPS) is 22.0. The number of likely N-dealkylation sites (tertiary alicyclic amines) is 1. The van der Waals surface area contributed by atoms with Crippen molar-refractivity contribution in [1.29, 1.82) is 0 Å². The van der Waals surface area contributed by atoms with E-state index in [1.54, 1.807) is 38.7 Å². The average molecular weight is 265 g/mol. The molecular weight excluding hydrogens is 246 g/mol. The maximum Gasteiger partial charge on any atom is 0.331 e. The summed E-state index contributed by atoms with van der Waals surface area (Å²) < 4.78 is 10.4. The lowest BCUT2D eigenvalue weighted by Crippen LogP contribution is -2.65. The van der Waals surface area contributed by atoms with Gasteiger partial charge in [-0.25, -0.2) is 4.79 Å². The molecule has 0 radical (unpaired) electrons. The highest BCUT2D eigenvalue weighted by Crippen LogP contribution is 2.34. The van der Waals surface area contributed by atoms with E-state index in [4.69, 9.17) is 9.15 Å². The quantitative estimate of drug-likeness (QED) is 0.785. The molecule has 5 heteroatoms. The van der Waals surface area contributed by atoms with Gasteiger partial charge in [-0.15, -0.1) is 0 Å². The van der Waals surface area contributed by atoms with Gasteiger partial charge >= 0.3 is 5.97 Å². The van der Waals surface area contributed by atoms with E-state index in [0.717, 1.165) is 0 Å². The molecule has 1 fully saturated rings. The number of hydrogen-bond donors (Lipinski definition) is 0. The Morgan fingerprint density at radius 2 is 2.16 bits per heavy atom. The van der Waals surface area contributed by atoms with Crippen LogP contribution in [0, 0.1) is 13.8 Å². The van der Waals surface area contributed by atoms with Crippen molar-refractivity contribution in [2.75, 3.05) is 13.2 Å². The number of esters is 1. The van der Waals surface area contributed by atoms with Crippen LogP contribution < -0.4 is 0 Å². The molecular formula is C14H19NO4. The van der Waals surface area contributed by atoms with Crippen molar-refractivity contribution < 1.29 is 18.7 Å². The maximum absolute atomic E-state index is 12.4. The first kappa shape index (κ1) is 13.6. The second-order valence-corrected chi connectivity index (χ2v) is 5.03. The fourth-order valence-corrected chi connectivity index (χ4v) is 2.37. The Balaban J connectivity index is 2.21. The van der Waals surface area contributed by atoms with Gasteiger partial charge in [0.1, 0.15) is 17.1 Å². The summed E-state index contributed by atoms with van der Waals surface area (Å²) in [6, 6.07) is 1.71. The van der Waals surface area contributed by atoms with Crippen LogP contribution in [-0.4, -0.2) is 35.5 Å². The average Bonchev–Trinajstić information content (AvgIpc) is 2.66. The van der Waals surface area contributed by atoms with Crippen LogP contribution >= 0.6 is 0 Å². The number of aryl methyl sites for hydroxylation is 2. The van der Waals surface area contributed by atoms with E-state index in [1.165, 1.54) is 0 Å². The van der Waals surface area contributed by atoms with Gasteiger partial charge < -0.3 is 14.1 Å². The molecule has 1 unspecified atom stereocenters. The number of ether oxygens (including phenoxy) is 1. The third-order valence-corrected chi connectivity index (χ3v) is 3.65. The third kappa shape index (κ3) is 2.13. The fraction of sp³-hybridized carbons (Fsp3) is 0.571. The van der Waals surface area contributed by atoms with Gasteiger partial charge in [0.05, 0.1) is 12.2 Å². The molecule has 0 bridgehead atoms. The van der Waals surface area contributed by atoms with Gasteiger partial charge in [0.2, 0.25) is 0 Å². The number of rotatable bonds is 3. The smallest absolute Gasteiger partial charge is 0.331 e. The minimum atomic E-state index is -0.843. The first-order chi connectivity index (χ1) is 8.90. The number of furan rings is 1. The molecule has 0 spiro atoms. The van der Waals surface area contributed by atoms with E-state index in [-0.39, 0.29) is 11.9 Å². The molecule has 19 heavy (non-hydrogen) atoms. The highest BCUT2D eigenvalue weighted by molar-refractivity contribution is 6.00. The van der Waals surface area contributed by atoms with Gasteiger partial charge in [-0.05, 0) is 40.2 Å². The summed E-state index contributed by atoms with van der Waals surface area (Å²) >= 11 is 0. The molecule has 1 aromatic heterocycles. The van der Waals surface area contributed by atoms with Crippen molar-refractivity contribution in [1.82, 2.24) is 4.90 Å². The molecule has 0 aromatic carbocycles. The van der Waals surface area contributed by atoms with Gasteiger partial charge in [-0.3, -0.25) is 4.79 Å². The molecule has 1 atom stereocenters. The summed E-state index contributed by atoms with van der Waals surface area (Å²) in [5.74, 6) is 0.767. The van der Waals surface area contributed by atoms with Crippen molar-refractivity contribution in [3.8, 4) is 0 Å². The Kier molecular flexibility index (Phi) is 3.39. The predicted molar refractivity (Wildman–Crippen MR) is 68.9 cm³/mol. The Labute approximate surface area is 112 Å². The van der Waals surface area contributed by atoms with Gasteiger partial charge in [0, 0.05) is 6.54 Å². The molecule has 1 aliphatic heterocycles. The SMILES string of the molecule is CCOC(=O)C1(C)CCN1C(=O)c1cc(C)oc1C. The van der Waals surface area contributed by atoms with Gasteiger partial charge in [-0.2, -0.15) is 0 Å². The lowest BCUT2D eigenvalue weighted by Gasteiger charge is -2.48. The molecule has 1 saturated heterocycles. The Morgan fingerprint density at radius 1 is 1.47 bits per heavy atom. The molecule has 0 N–H and O–H groups in total. The van der Waals surface area contributed by atoms with Gasteiger partial charge in [0.15, 0.2) is 0 Å². The predicted octanol–water partition coefficient (Wildman–Crippen LogP) is 2.06. The maximum atomic E-state index is 12.4. The summed E-state index contributed by atoms with van der Waals surface area (Å²) in [6.07, 6.45) is 0.632. The minimum absolute atomic E-state index is 0.170. The first-order valence-corrected chi connectivity index (χ1v) is 6.46. The second-order valence-electron chi connectivity index (χ2n) is 5.03. The minimum Gasteiger partial charge on any atom is -0.466 e. The van der Waals surface area contributed by atoms with Gasteiger partial charge in [0.25, 0.3) is 5.91 Å². The molecule has 5 nitrogen and oxygen atoms in total. The molecule has 0 aliphatic carbocycles. The fourth-order valence-electron chi connectivity index (χ4n) is 2.37. The van der Waals surface area contributed by atoms with Crippen molar-refractivity contribution in [2.24, 2.45) is 0 Å². The number of amides is 1. The summed E-state index contributed by atoms with van der Waals surface area (Å²) in [7, 11) is 0. The van der Waals surface area contributed by atoms with E-state index >= 15 is 0 Å². The van der Waals surface area contributed by atoms with Crippen LogP contribution in [-0.2, 0) is 9.53 Å². The van der Waals surface area contributed by atoms with Crippen LogP contribution in [0.2, 0.25) is 0 Å². The molecule has 2 rings (SSSR count). The first-order valence-electron chi connectivity index (χ1n) is 6.46. The molecule has 2 heterocycles. The van der Waals surface area contributed by atoms with Crippen LogP contribution in [0.4, 0.5) is 0 Å². The lowest BCUT2D eigenvalue weighted by molar-refractivity contribution is -0.162. The zero-order chi connectivity index (χ0) is 14.2. The lowest BCUT2D eigenvalue weighted by atomic mass is 9.86. The van der Waals surface area contributed by atoms with E-state index in [2.05, 4.69) is 0 Å². The van der Waals surface area contributed by atoms with Crippen LogP contribution in [0.25, 0.3) is 0 Å². The topological polar surface area (TPSA) is 59.8 Å². The molecule has 0 saturated carbocycles. The van der Waals surface area contributed by atoms with E-state index in [1.807, 2.05) is 0 Å². The summed E-state index contributed by atoms with van der Waals surface area (Å²) in [5, 5.41) is 0. The monoisotopic (exact) mass is 265 g/mol. The van der Waals surface area contributed by atoms with E-state index in [9.17, 15) is 9.59 Å². The van der Waals surface area contributed by atoms with E-state index < -0.39 is 5.54 Å². The highest BCUT2D eigenvalue weighted by Gasteiger charge is 2.51. The van der Waals surface area contributed by atoms with Gasteiger partial charge in [-0.1, -0.05) is 0 Å². The zero-order valence-corrected chi connectivity index (χ0v) is 11.8. The van der Waals surface area contributed by atoms with Crippen LogP contribution in [0.15, 0.2) is 10.5 Å². The number of carbonyl (C=O) groups is 2.